The first kappa shape index (κ1) is 13.7. The number of hydrogen-bond donors (Lipinski definition) is 0. The van der Waals surface area contributed by atoms with E-state index in [0.29, 0.717) is 17.0 Å². The Labute approximate surface area is 116 Å². The van der Waals surface area contributed by atoms with Gasteiger partial charge in [-0.3, -0.25) is 4.79 Å². The zero-order chi connectivity index (χ0) is 13.7. The molecule has 0 aliphatic carbocycles. The second-order valence-corrected chi connectivity index (χ2v) is 4.86. The molecule has 19 heavy (non-hydrogen) atoms. The maximum Gasteiger partial charge on any atom is 0.206 e. The monoisotopic (exact) mass is 276 g/mol. The fourth-order valence-electron chi connectivity index (χ4n) is 1.67. The maximum atomic E-state index is 12.3. The number of rotatable bonds is 6. The van der Waals surface area contributed by atoms with Crippen LogP contribution in [0.5, 0.6) is 5.75 Å². The van der Waals surface area contributed by atoms with Gasteiger partial charge in [-0.1, -0.05) is 18.3 Å². The van der Waals surface area contributed by atoms with E-state index in [0.717, 1.165) is 35.8 Å². The summed E-state index contributed by atoms with van der Waals surface area (Å²) >= 11 is 1.15. The third-order valence-electron chi connectivity index (χ3n) is 2.69. The molecule has 1 heterocycles. The summed E-state index contributed by atoms with van der Waals surface area (Å²) in [6.45, 7) is 4.71. The highest BCUT2D eigenvalue weighted by molar-refractivity contribution is 7.08. The Morgan fingerprint density at radius 2 is 2.00 bits per heavy atom. The van der Waals surface area contributed by atoms with Gasteiger partial charge in [-0.2, -0.15) is 0 Å². The van der Waals surface area contributed by atoms with Crippen molar-refractivity contribution in [3.63, 3.8) is 0 Å². The van der Waals surface area contributed by atoms with Gasteiger partial charge < -0.3 is 4.74 Å². The third kappa shape index (κ3) is 3.17. The molecule has 0 fully saturated rings. The van der Waals surface area contributed by atoms with Crippen LogP contribution in [0.15, 0.2) is 24.3 Å². The molecular weight excluding hydrogens is 260 g/mol. The van der Waals surface area contributed by atoms with E-state index in [1.54, 1.807) is 12.1 Å². The number of carbonyl (C=O) groups is 1. The van der Waals surface area contributed by atoms with Crippen molar-refractivity contribution in [1.82, 2.24) is 9.59 Å². The van der Waals surface area contributed by atoms with E-state index in [2.05, 4.69) is 16.5 Å². The molecule has 1 aromatic heterocycles. The van der Waals surface area contributed by atoms with Crippen LogP contribution in [-0.2, 0) is 6.42 Å². The average Bonchev–Trinajstić information content (AvgIpc) is 2.93. The first-order valence-electron chi connectivity index (χ1n) is 6.35. The summed E-state index contributed by atoms with van der Waals surface area (Å²) in [7, 11) is 0. The minimum Gasteiger partial charge on any atom is -0.494 e. The SMILES string of the molecule is CCCOc1ccc(C(=O)c2snnc2CC)cc1. The maximum absolute atomic E-state index is 12.3. The van der Waals surface area contributed by atoms with Crippen molar-refractivity contribution >= 4 is 17.3 Å². The molecule has 2 aromatic rings. The molecular formula is C14H16N2O2S. The molecule has 0 N–H and O–H groups in total. The summed E-state index contributed by atoms with van der Waals surface area (Å²) in [6.07, 6.45) is 1.68. The molecule has 2 rings (SSSR count). The number of hydrogen-bond acceptors (Lipinski definition) is 5. The van der Waals surface area contributed by atoms with Crippen LogP contribution in [0, 0.1) is 0 Å². The van der Waals surface area contributed by atoms with Crippen molar-refractivity contribution in [3.05, 3.63) is 40.4 Å². The molecule has 0 aliphatic rings. The Kier molecular flexibility index (Phi) is 4.63. The van der Waals surface area contributed by atoms with Gasteiger partial charge in [0.2, 0.25) is 5.78 Å². The fourth-order valence-corrected chi connectivity index (χ4v) is 2.38. The van der Waals surface area contributed by atoms with Crippen molar-refractivity contribution in [2.75, 3.05) is 6.61 Å². The summed E-state index contributed by atoms with van der Waals surface area (Å²) in [4.78, 5) is 12.9. The Bertz CT molecular complexity index is 549. The molecule has 0 radical (unpaired) electrons. The Hall–Kier alpha value is -1.75. The van der Waals surface area contributed by atoms with Gasteiger partial charge in [-0.25, -0.2) is 0 Å². The Balaban J connectivity index is 2.16. The molecule has 1 aromatic carbocycles. The number of benzene rings is 1. The van der Waals surface area contributed by atoms with E-state index in [4.69, 9.17) is 4.74 Å². The van der Waals surface area contributed by atoms with Gasteiger partial charge in [0.15, 0.2) is 0 Å². The minimum absolute atomic E-state index is 0.0195. The first-order valence-corrected chi connectivity index (χ1v) is 7.12. The van der Waals surface area contributed by atoms with Crippen LogP contribution in [-0.4, -0.2) is 22.0 Å². The predicted octanol–water partition coefficient (Wildman–Crippen LogP) is 3.12. The lowest BCUT2D eigenvalue weighted by molar-refractivity contribution is 0.104. The second-order valence-electron chi connectivity index (χ2n) is 4.10. The highest BCUT2D eigenvalue weighted by atomic mass is 32.1. The van der Waals surface area contributed by atoms with Crippen molar-refractivity contribution in [2.45, 2.75) is 26.7 Å². The number of aryl methyl sites for hydroxylation is 1. The number of ketones is 1. The standard InChI is InChI=1S/C14H16N2O2S/c1-3-9-18-11-7-5-10(6-8-11)13(17)14-12(4-2)15-16-19-14/h5-8H,3-4,9H2,1-2H3. The quantitative estimate of drug-likeness (QED) is 0.761. The summed E-state index contributed by atoms with van der Waals surface area (Å²) in [6, 6.07) is 7.21. The third-order valence-corrected chi connectivity index (χ3v) is 3.45. The lowest BCUT2D eigenvalue weighted by Crippen LogP contribution is -2.02. The van der Waals surface area contributed by atoms with Crippen LogP contribution in [0.2, 0.25) is 0 Å². The van der Waals surface area contributed by atoms with E-state index in [9.17, 15) is 4.79 Å². The highest BCUT2D eigenvalue weighted by Crippen LogP contribution is 2.19. The zero-order valence-corrected chi connectivity index (χ0v) is 11.9. The summed E-state index contributed by atoms with van der Waals surface area (Å²) in [5.41, 5.74) is 1.41. The van der Waals surface area contributed by atoms with Gasteiger partial charge in [0.05, 0.1) is 12.3 Å². The van der Waals surface area contributed by atoms with E-state index in [-0.39, 0.29) is 5.78 Å². The van der Waals surface area contributed by atoms with Crippen LogP contribution < -0.4 is 4.74 Å². The molecule has 0 saturated carbocycles. The normalized spacial score (nSPS) is 10.4. The summed E-state index contributed by atoms with van der Waals surface area (Å²) in [5.74, 6) is 0.769. The topological polar surface area (TPSA) is 52.1 Å². The lowest BCUT2D eigenvalue weighted by atomic mass is 10.1. The summed E-state index contributed by atoms with van der Waals surface area (Å²) in [5, 5.41) is 3.96. The Morgan fingerprint density at radius 3 is 2.63 bits per heavy atom. The van der Waals surface area contributed by atoms with Crippen LogP contribution in [0.1, 0.15) is 41.2 Å². The predicted molar refractivity (Wildman–Crippen MR) is 74.9 cm³/mol. The van der Waals surface area contributed by atoms with Crippen molar-refractivity contribution in [3.8, 4) is 5.75 Å². The van der Waals surface area contributed by atoms with Crippen LogP contribution in [0.25, 0.3) is 0 Å². The van der Waals surface area contributed by atoms with Gasteiger partial charge >= 0.3 is 0 Å². The van der Waals surface area contributed by atoms with E-state index >= 15 is 0 Å². The van der Waals surface area contributed by atoms with Crippen molar-refractivity contribution in [2.24, 2.45) is 0 Å². The van der Waals surface area contributed by atoms with Gasteiger partial charge in [0, 0.05) is 5.56 Å². The molecule has 0 spiro atoms. The molecule has 5 heteroatoms. The van der Waals surface area contributed by atoms with Gasteiger partial charge in [-0.15, -0.1) is 5.10 Å². The van der Waals surface area contributed by atoms with Crippen LogP contribution >= 0.6 is 11.5 Å². The number of nitrogens with zero attached hydrogens (tertiary/aromatic N) is 2. The van der Waals surface area contributed by atoms with E-state index in [1.165, 1.54) is 0 Å². The van der Waals surface area contributed by atoms with E-state index < -0.39 is 0 Å². The van der Waals surface area contributed by atoms with Crippen LogP contribution in [0.3, 0.4) is 0 Å². The zero-order valence-electron chi connectivity index (χ0n) is 11.0. The highest BCUT2D eigenvalue weighted by Gasteiger charge is 2.16. The molecule has 0 amide bonds. The molecule has 0 saturated heterocycles. The molecule has 4 nitrogen and oxygen atoms in total. The van der Waals surface area contributed by atoms with Crippen LogP contribution in [0.4, 0.5) is 0 Å². The van der Waals surface area contributed by atoms with Crippen molar-refractivity contribution < 1.29 is 9.53 Å². The van der Waals surface area contributed by atoms with Crippen molar-refractivity contribution in [1.29, 1.82) is 0 Å². The number of ether oxygens (including phenoxy) is 1. The molecule has 0 aliphatic heterocycles. The molecule has 0 unspecified atom stereocenters. The van der Waals surface area contributed by atoms with Gasteiger partial charge in [-0.05, 0) is 48.6 Å². The largest absolute Gasteiger partial charge is 0.494 e. The lowest BCUT2D eigenvalue weighted by Gasteiger charge is -2.05. The molecule has 0 atom stereocenters. The summed E-state index contributed by atoms with van der Waals surface area (Å²) < 4.78 is 9.34. The molecule has 100 valence electrons. The first-order chi connectivity index (χ1) is 9.26. The molecule has 0 bridgehead atoms. The minimum atomic E-state index is -0.0195. The van der Waals surface area contributed by atoms with Gasteiger partial charge in [0.1, 0.15) is 10.6 Å². The fraction of sp³-hybridized carbons (Fsp3) is 0.357. The Morgan fingerprint density at radius 1 is 1.26 bits per heavy atom. The van der Waals surface area contributed by atoms with Gasteiger partial charge in [0.25, 0.3) is 0 Å². The van der Waals surface area contributed by atoms with E-state index in [1.807, 2.05) is 19.1 Å². The second kappa shape index (κ2) is 6.43. The smallest absolute Gasteiger partial charge is 0.206 e. The number of aromatic nitrogens is 2. The number of carbonyl (C=O) groups excluding carboxylic acids is 1. The average molecular weight is 276 g/mol.